The van der Waals surface area contributed by atoms with Crippen molar-refractivity contribution in [2.24, 2.45) is 0 Å². The number of anilines is 2. The predicted molar refractivity (Wildman–Crippen MR) is 128 cm³/mol. The van der Waals surface area contributed by atoms with Gasteiger partial charge in [0.25, 0.3) is 5.24 Å². The first-order valence-corrected chi connectivity index (χ1v) is 13.4. The first kappa shape index (κ1) is 24.7. The summed E-state index contributed by atoms with van der Waals surface area (Å²) in [6, 6.07) is 4.58. The summed E-state index contributed by atoms with van der Waals surface area (Å²) in [5.74, 6) is -0.248. The smallest absolute Gasteiger partial charge is 0.253 e. The summed E-state index contributed by atoms with van der Waals surface area (Å²) in [6.45, 7) is 1.82. The number of halogens is 3. The van der Waals surface area contributed by atoms with Crippen LogP contribution in [0.3, 0.4) is 0 Å². The van der Waals surface area contributed by atoms with Crippen LogP contribution >= 0.6 is 23.2 Å². The lowest BCUT2D eigenvalue weighted by molar-refractivity contribution is -0.130. The molecule has 0 aliphatic carbocycles. The average Bonchev–Trinajstić information content (AvgIpc) is 3.14. The van der Waals surface area contributed by atoms with E-state index in [4.69, 9.17) is 23.2 Å². The van der Waals surface area contributed by atoms with E-state index < -0.39 is 26.9 Å². The summed E-state index contributed by atoms with van der Waals surface area (Å²) in [5.41, 5.74) is 0.330. The minimum Gasteiger partial charge on any atom is -0.371 e. The Morgan fingerprint density at radius 2 is 1.88 bits per heavy atom. The van der Waals surface area contributed by atoms with Gasteiger partial charge in [-0.3, -0.25) is 9.59 Å². The van der Waals surface area contributed by atoms with Crippen molar-refractivity contribution in [1.29, 1.82) is 0 Å². The number of piperidine rings is 1. The molecule has 1 aromatic carbocycles. The lowest BCUT2D eigenvalue weighted by Crippen LogP contribution is -2.47. The van der Waals surface area contributed by atoms with Crippen LogP contribution in [-0.2, 0) is 14.6 Å². The largest absolute Gasteiger partial charge is 0.371 e. The van der Waals surface area contributed by atoms with Gasteiger partial charge in [-0.1, -0.05) is 11.6 Å². The predicted octanol–water partition coefficient (Wildman–Crippen LogP) is 3.34. The fourth-order valence-corrected chi connectivity index (χ4v) is 5.41. The molecule has 4 rings (SSSR count). The number of hydrogen-bond donors (Lipinski definition) is 1. The highest BCUT2D eigenvalue weighted by Crippen LogP contribution is 2.30. The number of amides is 1. The number of hydrogen-bond acceptors (Lipinski definition) is 7. The van der Waals surface area contributed by atoms with Crippen molar-refractivity contribution < 1.29 is 22.4 Å². The maximum Gasteiger partial charge on any atom is 0.253 e. The van der Waals surface area contributed by atoms with Crippen molar-refractivity contribution in [2.45, 2.75) is 36.2 Å². The number of carbonyl (C=O) groups excluding carboxylic acids is 2. The van der Waals surface area contributed by atoms with E-state index in [0.29, 0.717) is 49.7 Å². The third kappa shape index (κ3) is 5.13. The zero-order valence-electron chi connectivity index (χ0n) is 18.3. The fraction of sp³-hybridized carbons (Fsp3) is 0.409. The van der Waals surface area contributed by atoms with Gasteiger partial charge in [0.05, 0.1) is 21.2 Å². The van der Waals surface area contributed by atoms with Crippen LogP contribution in [0.2, 0.25) is 5.02 Å². The molecule has 0 bridgehead atoms. The van der Waals surface area contributed by atoms with Gasteiger partial charge < -0.3 is 15.1 Å². The van der Waals surface area contributed by atoms with Crippen LogP contribution < -0.4 is 10.2 Å². The Morgan fingerprint density at radius 3 is 2.47 bits per heavy atom. The van der Waals surface area contributed by atoms with Crippen molar-refractivity contribution in [3.63, 3.8) is 0 Å². The molecule has 1 amide bonds. The van der Waals surface area contributed by atoms with Gasteiger partial charge in [0.15, 0.2) is 9.84 Å². The van der Waals surface area contributed by atoms with Crippen molar-refractivity contribution in [3.05, 3.63) is 46.9 Å². The number of carbonyl (C=O) groups is 2. The second kappa shape index (κ2) is 9.67. The van der Waals surface area contributed by atoms with E-state index in [1.165, 1.54) is 24.4 Å². The van der Waals surface area contributed by atoms with Crippen molar-refractivity contribution in [1.82, 2.24) is 9.88 Å². The Morgan fingerprint density at radius 1 is 1.18 bits per heavy atom. The summed E-state index contributed by atoms with van der Waals surface area (Å²) in [7, 11) is -3.52. The van der Waals surface area contributed by atoms with E-state index in [-0.39, 0.29) is 28.1 Å². The molecule has 1 N–H and O–H groups in total. The molecule has 34 heavy (non-hydrogen) atoms. The molecule has 3 heterocycles. The Labute approximate surface area is 207 Å². The third-order valence-corrected chi connectivity index (χ3v) is 7.80. The Balaban J connectivity index is 1.37. The quantitative estimate of drug-likeness (QED) is 0.573. The van der Waals surface area contributed by atoms with E-state index in [1.807, 2.05) is 9.80 Å². The van der Waals surface area contributed by atoms with Gasteiger partial charge in [0.1, 0.15) is 17.7 Å². The van der Waals surface area contributed by atoms with Gasteiger partial charge in [0.2, 0.25) is 5.91 Å². The van der Waals surface area contributed by atoms with Crippen LogP contribution in [0, 0.1) is 5.82 Å². The molecule has 0 saturated carbocycles. The molecule has 1 aromatic heterocycles. The van der Waals surface area contributed by atoms with E-state index in [1.54, 1.807) is 0 Å². The van der Waals surface area contributed by atoms with Crippen LogP contribution in [0.1, 0.15) is 29.6 Å². The van der Waals surface area contributed by atoms with Crippen molar-refractivity contribution in [3.8, 4) is 0 Å². The zero-order chi connectivity index (χ0) is 24.6. The van der Waals surface area contributed by atoms with Crippen molar-refractivity contribution >= 4 is 55.7 Å². The lowest BCUT2D eigenvalue weighted by Gasteiger charge is -2.37. The fourth-order valence-electron chi connectivity index (χ4n) is 4.39. The summed E-state index contributed by atoms with van der Waals surface area (Å²) in [6.07, 6.45) is 4.35. The number of nitrogens with one attached hydrogen (secondary N) is 1. The number of sulfone groups is 1. The minimum absolute atomic E-state index is 0.0375. The summed E-state index contributed by atoms with van der Waals surface area (Å²) >= 11 is 11.8. The van der Waals surface area contributed by atoms with Crippen LogP contribution in [0.4, 0.5) is 15.9 Å². The highest BCUT2D eigenvalue weighted by atomic mass is 35.5. The summed E-state index contributed by atoms with van der Waals surface area (Å²) < 4.78 is 37.6. The molecule has 1 unspecified atom stereocenters. The molecule has 2 fully saturated rings. The molecule has 2 aliphatic rings. The third-order valence-electron chi connectivity index (χ3n) is 6.19. The highest BCUT2D eigenvalue weighted by molar-refractivity contribution is 7.90. The van der Waals surface area contributed by atoms with E-state index in [2.05, 4.69) is 10.3 Å². The second-order valence-electron chi connectivity index (χ2n) is 8.45. The number of likely N-dealkylation sites (tertiary alicyclic amines) is 1. The van der Waals surface area contributed by atoms with Gasteiger partial charge >= 0.3 is 0 Å². The molecule has 2 aromatic rings. The number of pyridine rings is 1. The Bertz CT molecular complexity index is 1240. The van der Waals surface area contributed by atoms with Gasteiger partial charge in [-0.05, 0) is 55.1 Å². The van der Waals surface area contributed by atoms with Gasteiger partial charge in [-0.2, -0.15) is 0 Å². The molecule has 2 saturated heterocycles. The number of aromatic nitrogens is 1. The number of rotatable bonds is 6. The normalized spacial score (nSPS) is 19.5. The molecular weight excluding hydrogens is 506 g/mol. The lowest BCUT2D eigenvalue weighted by atomic mass is 10.0. The highest BCUT2D eigenvalue weighted by Gasteiger charge is 2.37. The first-order valence-electron chi connectivity index (χ1n) is 10.7. The van der Waals surface area contributed by atoms with E-state index >= 15 is 0 Å². The molecule has 8 nitrogen and oxygen atoms in total. The Hall–Kier alpha value is -2.43. The monoisotopic (exact) mass is 528 g/mol. The SMILES string of the molecule is CS(=O)(=O)c1ccc(NC2CCN(C3CCN(c4ncc(C(=O)Cl)cc4Cl)CC3)C2=O)c(F)c1. The molecule has 2 aliphatic heterocycles. The van der Waals surface area contributed by atoms with Crippen LogP contribution in [-0.4, -0.2) is 67.4 Å². The molecule has 12 heteroatoms. The molecular formula is C22H23Cl2FN4O4S. The topological polar surface area (TPSA) is 99.7 Å². The number of benzene rings is 1. The van der Waals surface area contributed by atoms with E-state index in [9.17, 15) is 22.4 Å². The summed E-state index contributed by atoms with van der Waals surface area (Å²) in [4.78, 5) is 32.3. The molecule has 182 valence electrons. The second-order valence-corrected chi connectivity index (χ2v) is 11.2. The maximum absolute atomic E-state index is 14.4. The van der Waals surface area contributed by atoms with Crippen LogP contribution in [0.25, 0.3) is 0 Å². The summed E-state index contributed by atoms with van der Waals surface area (Å²) in [5, 5.41) is 2.65. The number of nitrogens with zero attached hydrogens (tertiary/aromatic N) is 3. The van der Waals surface area contributed by atoms with Gasteiger partial charge in [0, 0.05) is 38.1 Å². The average molecular weight is 529 g/mol. The Kier molecular flexibility index (Phi) is 7.02. The standard InChI is InChI=1S/C22H23Cl2FN4O4S/c1-34(32,33)15-2-3-18(17(25)11-15)27-19-6-9-29(22(19)31)14-4-7-28(8-5-14)21-16(23)10-13(12-26-21)20(24)30/h2-3,10-12,14,19,27H,4-9H2,1H3. The van der Waals surface area contributed by atoms with Crippen LogP contribution in [0.15, 0.2) is 35.4 Å². The molecule has 0 radical (unpaired) electrons. The van der Waals surface area contributed by atoms with Gasteiger partial charge in [-0.15, -0.1) is 0 Å². The minimum atomic E-state index is -3.52. The maximum atomic E-state index is 14.4. The van der Waals surface area contributed by atoms with Gasteiger partial charge in [-0.25, -0.2) is 17.8 Å². The van der Waals surface area contributed by atoms with E-state index in [0.717, 1.165) is 12.3 Å². The zero-order valence-corrected chi connectivity index (χ0v) is 20.6. The molecule has 1 atom stereocenters. The van der Waals surface area contributed by atoms with Crippen molar-refractivity contribution in [2.75, 3.05) is 36.1 Å². The van der Waals surface area contributed by atoms with Crippen LogP contribution in [0.5, 0.6) is 0 Å². The first-order chi connectivity index (χ1) is 16.0. The molecule has 0 spiro atoms.